The molecular weight excluding hydrogens is 460 g/mol. The number of likely N-dealkylation sites (tertiary alicyclic amines) is 1. The van der Waals surface area contributed by atoms with E-state index in [0.29, 0.717) is 17.4 Å². The minimum Gasteiger partial charge on any atom is -0.325 e. The summed E-state index contributed by atoms with van der Waals surface area (Å²) in [6, 6.07) is 15.7. The minimum atomic E-state index is -3.86. The van der Waals surface area contributed by atoms with Crippen molar-refractivity contribution in [2.75, 3.05) is 18.4 Å². The normalized spacial score (nSPS) is 15.5. The summed E-state index contributed by atoms with van der Waals surface area (Å²) in [6.45, 7) is 4.55. The molecule has 2 aromatic carbocycles. The summed E-state index contributed by atoms with van der Waals surface area (Å²) in [4.78, 5) is 15.1. The van der Waals surface area contributed by atoms with Crippen molar-refractivity contribution in [3.05, 3.63) is 60.4 Å². The van der Waals surface area contributed by atoms with E-state index in [9.17, 15) is 13.2 Å². The molecule has 1 aliphatic rings. The van der Waals surface area contributed by atoms with E-state index < -0.39 is 15.3 Å². The molecule has 1 fully saturated rings. The Balaban J connectivity index is 1.53. The Morgan fingerprint density at radius 1 is 1.12 bits per heavy atom. The number of nitrogens with one attached hydrogen (secondary N) is 1. The van der Waals surface area contributed by atoms with Crippen LogP contribution in [-0.4, -0.2) is 52.3 Å². The van der Waals surface area contributed by atoms with Gasteiger partial charge in [-0.25, -0.2) is 13.6 Å². The van der Waals surface area contributed by atoms with Gasteiger partial charge in [-0.05, 0) is 63.2 Å². The fraction of sp³-hybridized carbons (Fsp3) is 0.318. The molecule has 11 heteroatoms. The lowest BCUT2D eigenvalue weighted by molar-refractivity contribution is -0.115. The van der Waals surface area contributed by atoms with E-state index in [1.165, 1.54) is 42.8 Å². The predicted molar refractivity (Wildman–Crippen MR) is 128 cm³/mol. The van der Waals surface area contributed by atoms with Crippen LogP contribution in [0.15, 0.2) is 64.6 Å². The van der Waals surface area contributed by atoms with Gasteiger partial charge in [0.25, 0.3) is 0 Å². The molecule has 9 nitrogen and oxygen atoms in total. The van der Waals surface area contributed by atoms with E-state index in [1.807, 2.05) is 34.9 Å². The second-order valence-electron chi connectivity index (χ2n) is 7.88. The monoisotopic (exact) mass is 486 g/mol. The Kier molecular flexibility index (Phi) is 7.13. The second kappa shape index (κ2) is 10.0. The van der Waals surface area contributed by atoms with Gasteiger partial charge in [-0.15, -0.1) is 10.2 Å². The molecule has 0 radical (unpaired) electrons. The Bertz CT molecular complexity index is 1220. The van der Waals surface area contributed by atoms with Crippen LogP contribution in [0, 0.1) is 0 Å². The molecule has 33 heavy (non-hydrogen) atoms. The summed E-state index contributed by atoms with van der Waals surface area (Å²) in [5.74, 6) is 0.550. The number of hydrogen-bond donors (Lipinski definition) is 2. The lowest BCUT2D eigenvalue weighted by Crippen LogP contribution is -2.23. The number of nitrogens with zero attached hydrogens (tertiary/aromatic N) is 4. The van der Waals surface area contributed by atoms with E-state index in [0.717, 1.165) is 24.6 Å². The fourth-order valence-corrected chi connectivity index (χ4v) is 5.11. The van der Waals surface area contributed by atoms with Gasteiger partial charge in [0.15, 0.2) is 11.0 Å². The summed E-state index contributed by atoms with van der Waals surface area (Å²) in [5.41, 5.74) is 1.30. The average Bonchev–Trinajstić information content (AvgIpc) is 3.44. The molecule has 1 amide bonds. The molecular formula is C22H26N6O3S2. The number of aromatic nitrogens is 3. The first kappa shape index (κ1) is 23.4. The molecule has 0 spiro atoms. The molecule has 1 atom stereocenters. The predicted octanol–water partition coefficient (Wildman–Crippen LogP) is 2.63. The Labute approximate surface area is 197 Å². The molecule has 1 aromatic heterocycles. The van der Waals surface area contributed by atoms with Crippen LogP contribution in [0.2, 0.25) is 0 Å². The van der Waals surface area contributed by atoms with Crippen LogP contribution in [0.25, 0.3) is 5.69 Å². The lowest BCUT2D eigenvalue weighted by atomic mass is 10.3. The fourth-order valence-electron chi connectivity index (χ4n) is 3.66. The zero-order chi connectivity index (χ0) is 23.4. The van der Waals surface area contributed by atoms with Crippen molar-refractivity contribution in [3.63, 3.8) is 0 Å². The summed E-state index contributed by atoms with van der Waals surface area (Å²) < 4.78 is 25.2. The maximum atomic E-state index is 12.8. The number of hydrogen-bond acceptors (Lipinski definition) is 7. The van der Waals surface area contributed by atoms with E-state index in [4.69, 9.17) is 5.14 Å². The quantitative estimate of drug-likeness (QED) is 0.469. The largest absolute Gasteiger partial charge is 0.325 e. The molecule has 3 aromatic rings. The second-order valence-corrected chi connectivity index (χ2v) is 10.7. The molecule has 0 bridgehead atoms. The van der Waals surface area contributed by atoms with Gasteiger partial charge in [-0.3, -0.25) is 14.3 Å². The molecule has 1 aliphatic heterocycles. The first-order chi connectivity index (χ1) is 15.8. The summed E-state index contributed by atoms with van der Waals surface area (Å²) in [6.07, 6.45) is 2.37. The average molecular weight is 487 g/mol. The number of primary sulfonamides is 1. The highest BCUT2D eigenvalue weighted by molar-refractivity contribution is 8.00. The van der Waals surface area contributed by atoms with E-state index in [2.05, 4.69) is 20.4 Å². The lowest BCUT2D eigenvalue weighted by Gasteiger charge is -2.17. The van der Waals surface area contributed by atoms with Crippen LogP contribution >= 0.6 is 11.8 Å². The number of sulfonamides is 1. The van der Waals surface area contributed by atoms with Crippen molar-refractivity contribution in [2.24, 2.45) is 5.14 Å². The number of benzene rings is 2. The summed E-state index contributed by atoms with van der Waals surface area (Å²) in [5, 5.41) is 16.9. The van der Waals surface area contributed by atoms with Gasteiger partial charge in [-0.2, -0.15) is 0 Å². The summed E-state index contributed by atoms with van der Waals surface area (Å²) >= 11 is 1.30. The number of rotatable bonds is 8. The number of para-hydroxylation sites is 1. The number of carbonyl (C=O) groups excluding carboxylic acids is 1. The van der Waals surface area contributed by atoms with Gasteiger partial charge >= 0.3 is 0 Å². The van der Waals surface area contributed by atoms with Crippen molar-refractivity contribution in [3.8, 4) is 5.69 Å². The molecule has 0 unspecified atom stereocenters. The molecule has 0 aliphatic carbocycles. The molecule has 174 valence electrons. The van der Waals surface area contributed by atoms with Gasteiger partial charge in [0.05, 0.1) is 16.7 Å². The molecule has 2 heterocycles. The van der Waals surface area contributed by atoms with Crippen LogP contribution in [-0.2, 0) is 21.4 Å². The van der Waals surface area contributed by atoms with Crippen molar-refractivity contribution in [2.45, 2.75) is 41.6 Å². The van der Waals surface area contributed by atoms with Crippen LogP contribution in [0.3, 0.4) is 0 Å². The topological polar surface area (TPSA) is 123 Å². The van der Waals surface area contributed by atoms with Crippen molar-refractivity contribution in [1.82, 2.24) is 19.7 Å². The molecule has 1 saturated heterocycles. The summed E-state index contributed by atoms with van der Waals surface area (Å²) in [7, 11) is -3.86. The first-order valence-corrected chi connectivity index (χ1v) is 13.1. The Morgan fingerprint density at radius 3 is 2.55 bits per heavy atom. The highest BCUT2D eigenvalue weighted by atomic mass is 32.2. The highest BCUT2D eigenvalue weighted by Gasteiger charge is 2.23. The minimum absolute atomic E-state index is 0.0593. The van der Waals surface area contributed by atoms with Gasteiger partial charge in [-0.1, -0.05) is 36.0 Å². The van der Waals surface area contributed by atoms with Crippen molar-refractivity contribution >= 4 is 33.4 Å². The standard InChI is InChI=1S/C22H26N6O3S2/c1-16(21(29)24-17-8-7-11-19(14-17)33(23,30)31)32-22-26-25-20(15-27-12-5-6-13-27)28(22)18-9-3-2-4-10-18/h2-4,7-11,14,16H,5-6,12-13,15H2,1H3,(H,24,29)(H2,23,30,31)/t16-/m1/s1. The van der Waals surface area contributed by atoms with Crippen LogP contribution < -0.4 is 10.5 Å². The first-order valence-electron chi connectivity index (χ1n) is 10.6. The maximum Gasteiger partial charge on any atom is 0.238 e. The number of anilines is 1. The molecule has 3 N–H and O–H groups in total. The van der Waals surface area contributed by atoms with Gasteiger partial charge < -0.3 is 5.32 Å². The number of thioether (sulfide) groups is 1. The number of carbonyl (C=O) groups is 1. The molecule has 0 saturated carbocycles. The maximum absolute atomic E-state index is 12.8. The zero-order valence-corrected chi connectivity index (χ0v) is 19.8. The molecule has 4 rings (SSSR count). The third-order valence-electron chi connectivity index (χ3n) is 5.36. The smallest absolute Gasteiger partial charge is 0.238 e. The third-order valence-corrected chi connectivity index (χ3v) is 7.31. The van der Waals surface area contributed by atoms with Gasteiger partial charge in [0, 0.05) is 11.4 Å². The van der Waals surface area contributed by atoms with E-state index >= 15 is 0 Å². The van der Waals surface area contributed by atoms with E-state index in [1.54, 1.807) is 13.0 Å². The SMILES string of the molecule is C[C@@H](Sc1nnc(CN2CCCC2)n1-c1ccccc1)C(=O)Nc1cccc(S(N)(=O)=O)c1. The van der Waals surface area contributed by atoms with Crippen LogP contribution in [0.5, 0.6) is 0 Å². The number of nitrogens with two attached hydrogens (primary N) is 1. The zero-order valence-electron chi connectivity index (χ0n) is 18.2. The Morgan fingerprint density at radius 2 is 1.85 bits per heavy atom. The van der Waals surface area contributed by atoms with Gasteiger partial charge in [0.2, 0.25) is 15.9 Å². The van der Waals surface area contributed by atoms with Gasteiger partial charge in [0.1, 0.15) is 0 Å². The van der Waals surface area contributed by atoms with Crippen LogP contribution in [0.4, 0.5) is 5.69 Å². The third kappa shape index (κ3) is 5.80. The van der Waals surface area contributed by atoms with Crippen LogP contribution in [0.1, 0.15) is 25.6 Å². The Hall–Kier alpha value is -2.73. The highest BCUT2D eigenvalue weighted by Crippen LogP contribution is 2.27. The van der Waals surface area contributed by atoms with Crippen molar-refractivity contribution in [1.29, 1.82) is 0 Å². The van der Waals surface area contributed by atoms with Crippen molar-refractivity contribution < 1.29 is 13.2 Å². The number of amides is 1. The van der Waals surface area contributed by atoms with E-state index in [-0.39, 0.29) is 10.8 Å².